The molecule has 0 unspecified atom stereocenters. The Bertz CT molecular complexity index is 574. The first-order valence-electron chi connectivity index (χ1n) is 8.04. The third kappa shape index (κ3) is 4.01. The van der Waals surface area contributed by atoms with Crippen LogP contribution < -0.4 is 15.8 Å². The van der Waals surface area contributed by atoms with Crippen molar-refractivity contribution in [1.82, 2.24) is 10.2 Å². The molecule has 0 bridgehead atoms. The molecule has 0 spiro atoms. The van der Waals surface area contributed by atoms with Gasteiger partial charge in [0.05, 0.1) is 5.56 Å². The average molecular weight is 319 g/mol. The van der Waals surface area contributed by atoms with E-state index in [-0.39, 0.29) is 11.8 Å². The summed E-state index contributed by atoms with van der Waals surface area (Å²) in [5.74, 6) is 0.247. The highest BCUT2D eigenvalue weighted by atomic mass is 16.5. The maximum absolute atomic E-state index is 13.0. The molecule has 2 rings (SSSR count). The maximum atomic E-state index is 13.0. The number of hydrogen-bond donors (Lipinski definition) is 2. The molecule has 1 saturated heterocycles. The van der Waals surface area contributed by atoms with Crippen LogP contribution in [-0.4, -0.2) is 49.5 Å². The number of nitrogens with zero attached hydrogens (tertiary/aromatic N) is 1. The SMILES string of the molecule is CNC(=O)[C@H]1CCCCN1C(=O)c1cc(C)ccc1OCCN. The minimum absolute atomic E-state index is 0.116. The molecular formula is C17H25N3O3. The Balaban J connectivity index is 2.30. The first-order valence-corrected chi connectivity index (χ1v) is 8.04. The summed E-state index contributed by atoms with van der Waals surface area (Å²) in [6.45, 7) is 3.24. The number of nitrogens with two attached hydrogens (primary N) is 1. The number of aryl methyl sites for hydroxylation is 1. The zero-order valence-electron chi connectivity index (χ0n) is 13.8. The van der Waals surface area contributed by atoms with Crippen LogP contribution in [0.4, 0.5) is 0 Å². The summed E-state index contributed by atoms with van der Waals surface area (Å²) in [6.07, 6.45) is 2.55. The summed E-state index contributed by atoms with van der Waals surface area (Å²) in [5, 5.41) is 2.65. The van der Waals surface area contributed by atoms with Crippen molar-refractivity contribution in [2.45, 2.75) is 32.2 Å². The van der Waals surface area contributed by atoms with E-state index in [1.807, 2.05) is 19.1 Å². The van der Waals surface area contributed by atoms with Gasteiger partial charge in [-0.05, 0) is 38.3 Å². The predicted octanol–water partition coefficient (Wildman–Crippen LogP) is 1.07. The van der Waals surface area contributed by atoms with Gasteiger partial charge in [0.1, 0.15) is 18.4 Å². The number of nitrogens with one attached hydrogen (secondary N) is 1. The van der Waals surface area contributed by atoms with Crippen LogP contribution in [0.15, 0.2) is 18.2 Å². The van der Waals surface area contributed by atoms with Gasteiger partial charge in [-0.25, -0.2) is 0 Å². The third-order valence-corrected chi connectivity index (χ3v) is 4.05. The lowest BCUT2D eigenvalue weighted by atomic mass is 9.99. The van der Waals surface area contributed by atoms with Crippen LogP contribution in [0.25, 0.3) is 0 Å². The molecule has 126 valence electrons. The second-order valence-electron chi connectivity index (χ2n) is 5.76. The normalized spacial score (nSPS) is 17.7. The Hall–Kier alpha value is -2.08. The van der Waals surface area contributed by atoms with Crippen LogP contribution in [0.5, 0.6) is 5.75 Å². The number of ether oxygens (including phenoxy) is 1. The summed E-state index contributed by atoms with van der Waals surface area (Å²) in [5.41, 5.74) is 6.95. The van der Waals surface area contributed by atoms with Crippen LogP contribution in [0, 0.1) is 6.92 Å². The fourth-order valence-electron chi connectivity index (χ4n) is 2.87. The lowest BCUT2D eigenvalue weighted by molar-refractivity contribution is -0.126. The molecule has 6 heteroatoms. The van der Waals surface area contributed by atoms with Gasteiger partial charge in [0, 0.05) is 20.1 Å². The molecule has 6 nitrogen and oxygen atoms in total. The van der Waals surface area contributed by atoms with Crippen molar-refractivity contribution in [2.24, 2.45) is 5.73 Å². The number of likely N-dealkylation sites (N-methyl/N-ethyl adjacent to an activating group) is 1. The predicted molar refractivity (Wildman–Crippen MR) is 88.5 cm³/mol. The van der Waals surface area contributed by atoms with E-state index in [1.54, 1.807) is 18.0 Å². The molecular weight excluding hydrogens is 294 g/mol. The second-order valence-corrected chi connectivity index (χ2v) is 5.76. The molecule has 1 aliphatic heterocycles. The summed E-state index contributed by atoms with van der Waals surface area (Å²) >= 11 is 0. The fourth-order valence-corrected chi connectivity index (χ4v) is 2.87. The molecule has 1 aromatic carbocycles. The molecule has 0 saturated carbocycles. The number of rotatable bonds is 5. The molecule has 1 heterocycles. The van der Waals surface area contributed by atoms with Gasteiger partial charge < -0.3 is 20.7 Å². The zero-order chi connectivity index (χ0) is 16.8. The second kappa shape index (κ2) is 7.97. The van der Waals surface area contributed by atoms with Crippen molar-refractivity contribution in [3.8, 4) is 5.75 Å². The minimum atomic E-state index is -0.413. The molecule has 2 amide bonds. The fraction of sp³-hybridized carbons (Fsp3) is 0.529. The summed E-state index contributed by atoms with van der Waals surface area (Å²) in [4.78, 5) is 26.7. The van der Waals surface area contributed by atoms with E-state index in [0.29, 0.717) is 37.4 Å². The van der Waals surface area contributed by atoms with Gasteiger partial charge in [0.25, 0.3) is 5.91 Å². The summed E-state index contributed by atoms with van der Waals surface area (Å²) in [7, 11) is 1.60. The molecule has 23 heavy (non-hydrogen) atoms. The molecule has 0 radical (unpaired) electrons. The lowest BCUT2D eigenvalue weighted by Crippen LogP contribution is -2.51. The Morgan fingerprint density at radius 3 is 2.87 bits per heavy atom. The van der Waals surface area contributed by atoms with Gasteiger partial charge in [-0.1, -0.05) is 11.6 Å². The van der Waals surface area contributed by atoms with Crippen molar-refractivity contribution >= 4 is 11.8 Å². The smallest absolute Gasteiger partial charge is 0.258 e. The van der Waals surface area contributed by atoms with E-state index in [4.69, 9.17) is 10.5 Å². The number of piperidine rings is 1. The van der Waals surface area contributed by atoms with Gasteiger partial charge in [0.15, 0.2) is 0 Å². The van der Waals surface area contributed by atoms with Crippen LogP contribution in [-0.2, 0) is 4.79 Å². The zero-order valence-corrected chi connectivity index (χ0v) is 13.8. The van der Waals surface area contributed by atoms with E-state index in [0.717, 1.165) is 18.4 Å². The number of amides is 2. The van der Waals surface area contributed by atoms with Crippen molar-refractivity contribution < 1.29 is 14.3 Å². The number of hydrogen-bond acceptors (Lipinski definition) is 4. The Morgan fingerprint density at radius 1 is 1.39 bits per heavy atom. The highest BCUT2D eigenvalue weighted by Crippen LogP contribution is 2.26. The number of carbonyl (C=O) groups is 2. The topological polar surface area (TPSA) is 84.7 Å². The standard InChI is InChI=1S/C17H25N3O3/c1-12-6-7-15(23-10-8-18)13(11-12)17(22)20-9-4-3-5-14(20)16(21)19-2/h6-7,11,14H,3-5,8-10,18H2,1-2H3,(H,19,21)/t14-/m1/s1. The third-order valence-electron chi connectivity index (χ3n) is 4.05. The molecule has 0 aliphatic carbocycles. The number of benzene rings is 1. The van der Waals surface area contributed by atoms with Crippen molar-refractivity contribution in [1.29, 1.82) is 0 Å². The van der Waals surface area contributed by atoms with Crippen LogP contribution in [0.2, 0.25) is 0 Å². The van der Waals surface area contributed by atoms with Gasteiger partial charge in [-0.15, -0.1) is 0 Å². The van der Waals surface area contributed by atoms with Gasteiger partial charge in [0.2, 0.25) is 5.91 Å². The first kappa shape index (κ1) is 17.3. The van der Waals surface area contributed by atoms with Crippen LogP contribution >= 0.6 is 0 Å². The summed E-state index contributed by atoms with van der Waals surface area (Å²) in [6, 6.07) is 5.08. The Kier molecular flexibility index (Phi) is 5.98. The average Bonchev–Trinajstić information content (AvgIpc) is 2.59. The molecule has 1 aliphatic rings. The molecule has 3 N–H and O–H groups in total. The number of likely N-dealkylation sites (tertiary alicyclic amines) is 1. The van der Waals surface area contributed by atoms with Crippen molar-refractivity contribution in [3.05, 3.63) is 29.3 Å². The maximum Gasteiger partial charge on any atom is 0.258 e. The monoisotopic (exact) mass is 319 g/mol. The molecule has 0 aromatic heterocycles. The van der Waals surface area contributed by atoms with E-state index in [2.05, 4.69) is 5.32 Å². The van der Waals surface area contributed by atoms with E-state index < -0.39 is 6.04 Å². The molecule has 1 fully saturated rings. The molecule has 1 atom stereocenters. The molecule has 1 aromatic rings. The highest BCUT2D eigenvalue weighted by Gasteiger charge is 2.33. The highest BCUT2D eigenvalue weighted by molar-refractivity contribution is 6.00. The quantitative estimate of drug-likeness (QED) is 0.850. The Labute approximate surface area is 137 Å². The Morgan fingerprint density at radius 2 is 2.17 bits per heavy atom. The van der Waals surface area contributed by atoms with E-state index >= 15 is 0 Å². The van der Waals surface area contributed by atoms with E-state index in [1.165, 1.54) is 0 Å². The van der Waals surface area contributed by atoms with Crippen molar-refractivity contribution in [3.63, 3.8) is 0 Å². The first-order chi connectivity index (χ1) is 11.1. The lowest BCUT2D eigenvalue weighted by Gasteiger charge is -2.34. The van der Waals surface area contributed by atoms with Gasteiger partial charge in [-0.3, -0.25) is 9.59 Å². The van der Waals surface area contributed by atoms with Gasteiger partial charge >= 0.3 is 0 Å². The van der Waals surface area contributed by atoms with Crippen LogP contribution in [0.3, 0.4) is 0 Å². The summed E-state index contributed by atoms with van der Waals surface area (Å²) < 4.78 is 5.60. The number of carbonyl (C=O) groups excluding carboxylic acids is 2. The van der Waals surface area contributed by atoms with Crippen molar-refractivity contribution in [2.75, 3.05) is 26.7 Å². The minimum Gasteiger partial charge on any atom is -0.491 e. The van der Waals surface area contributed by atoms with Gasteiger partial charge in [-0.2, -0.15) is 0 Å². The van der Waals surface area contributed by atoms with E-state index in [9.17, 15) is 9.59 Å². The van der Waals surface area contributed by atoms with Crippen LogP contribution in [0.1, 0.15) is 35.2 Å². The largest absolute Gasteiger partial charge is 0.491 e.